The number of benzene rings is 1. The van der Waals surface area contributed by atoms with Gasteiger partial charge in [0.25, 0.3) is 5.56 Å². The number of hydrogen-bond acceptors (Lipinski definition) is 6. The SMILES string of the molecule is O=C(O)Cc1nn2c(=O)c(Cc3ccc(F)cc3)nnc2s1. The van der Waals surface area contributed by atoms with Crippen LogP contribution in [-0.4, -0.2) is 30.9 Å². The van der Waals surface area contributed by atoms with Gasteiger partial charge in [-0.25, -0.2) is 4.39 Å². The first-order chi connectivity index (χ1) is 10.5. The molecule has 7 nitrogen and oxygen atoms in total. The summed E-state index contributed by atoms with van der Waals surface area (Å²) in [6.07, 6.45) is -0.0817. The first kappa shape index (κ1) is 14.3. The third-order valence-corrected chi connectivity index (χ3v) is 3.78. The second-order valence-electron chi connectivity index (χ2n) is 4.52. The van der Waals surface area contributed by atoms with Gasteiger partial charge in [-0.1, -0.05) is 23.5 Å². The molecule has 0 unspecified atom stereocenters. The summed E-state index contributed by atoms with van der Waals surface area (Å²) in [4.78, 5) is 23.2. The molecule has 3 aromatic rings. The standard InChI is InChI=1S/C13H9FN4O3S/c14-8-3-1-7(2-4-8)5-9-12(21)18-13(16-15-9)22-10(17-18)6-11(19)20/h1-4H,5-6H2,(H,19,20). The Hall–Kier alpha value is -2.68. The van der Waals surface area contributed by atoms with Gasteiger partial charge >= 0.3 is 5.97 Å². The average molecular weight is 320 g/mol. The van der Waals surface area contributed by atoms with E-state index >= 15 is 0 Å². The maximum absolute atomic E-state index is 12.9. The molecule has 0 saturated carbocycles. The van der Waals surface area contributed by atoms with Gasteiger partial charge in [0.05, 0.1) is 6.42 Å². The predicted octanol–water partition coefficient (Wildman–Crippen LogP) is 0.903. The molecular formula is C13H9FN4O3S. The number of fused-ring (bicyclic) bond motifs is 1. The fraction of sp³-hybridized carbons (Fsp3) is 0.154. The maximum atomic E-state index is 12.9. The minimum absolute atomic E-state index is 0.163. The van der Waals surface area contributed by atoms with Gasteiger partial charge in [0, 0.05) is 6.42 Å². The molecule has 0 spiro atoms. The highest BCUT2D eigenvalue weighted by Gasteiger charge is 2.14. The van der Waals surface area contributed by atoms with Crippen LogP contribution in [0.15, 0.2) is 29.1 Å². The molecule has 0 aliphatic carbocycles. The van der Waals surface area contributed by atoms with Gasteiger partial charge in [-0.15, -0.1) is 10.2 Å². The van der Waals surface area contributed by atoms with Gasteiger partial charge in [-0.2, -0.15) is 9.61 Å². The van der Waals surface area contributed by atoms with E-state index in [9.17, 15) is 14.0 Å². The van der Waals surface area contributed by atoms with Crippen molar-refractivity contribution in [3.05, 3.63) is 56.7 Å². The summed E-state index contributed by atoms with van der Waals surface area (Å²) < 4.78 is 13.9. The van der Waals surface area contributed by atoms with Gasteiger partial charge in [-0.05, 0) is 17.7 Å². The second kappa shape index (κ2) is 5.60. The minimum atomic E-state index is -1.04. The molecule has 112 valence electrons. The number of hydrogen-bond donors (Lipinski definition) is 1. The number of carboxylic acids is 1. The normalized spacial score (nSPS) is 11.0. The summed E-state index contributed by atoms with van der Waals surface area (Å²) >= 11 is 1.00. The third-order valence-electron chi connectivity index (χ3n) is 2.88. The molecule has 0 radical (unpaired) electrons. The fourth-order valence-corrected chi connectivity index (χ4v) is 2.71. The van der Waals surface area contributed by atoms with Crippen molar-refractivity contribution in [3.8, 4) is 0 Å². The lowest BCUT2D eigenvalue weighted by molar-refractivity contribution is -0.136. The van der Waals surface area contributed by atoms with E-state index in [2.05, 4.69) is 15.3 Å². The summed E-state index contributed by atoms with van der Waals surface area (Å²) in [6.45, 7) is 0. The zero-order valence-corrected chi connectivity index (χ0v) is 11.9. The van der Waals surface area contributed by atoms with Crippen molar-refractivity contribution in [1.82, 2.24) is 19.8 Å². The van der Waals surface area contributed by atoms with Crippen molar-refractivity contribution in [1.29, 1.82) is 0 Å². The zero-order chi connectivity index (χ0) is 15.7. The van der Waals surface area contributed by atoms with Crippen LogP contribution in [0.25, 0.3) is 4.96 Å². The monoisotopic (exact) mass is 320 g/mol. The lowest BCUT2D eigenvalue weighted by atomic mass is 10.1. The van der Waals surface area contributed by atoms with Crippen LogP contribution in [0.2, 0.25) is 0 Å². The highest BCUT2D eigenvalue weighted by Crippen LogP contribution is 2.12. The Morgan fingerprint density at radius 1 is 1.27 bits per heavy atom. The smallest absolute Gasteiger partial charge is 0.310 e. The van der Waals surface area contributed by atoms with Crippen molar-refractivity contribution >= 4 is 22.3 Å². The summed E-state index contributed by atoms with van der Waals surface area (Å²) in [5.41, 5.74) is 0.423. The van der Waals surface area contributed by atoms with Gasteiger partial charge < -0.3 is 5.11 Å². The Morgan fingerprint density at radius 3 is 2.68 bits per heavy atom. The lowest BCUT2D eigenvalue weighted by Crippen LogP contribution is -2.22. The van der Waals surface area contributed by atoms with Crippen LogP contribution in [0.5, 0.6) is 0 Å². The molecular weight excluding hydrogens is 311 g/mol. The molecule has 3 rings (SSSR count). The van der Waals surface area contributed by atoms with Crippen LogP contribution in [0.1, 0.15) is 16.3 Å². The maximum Gasteiger partial charge on any atom is 0.310 e. The molecule has 0 aliphatic rings. The molecule has 0 amide bonds. The molecule has 0 saturated heterocycles. The molecule has 0 aliphatic heterocycles. The average Bonchev–Trinajstić information content (AvgIpc) is 2.87. The van der Waals surface area contributed by atoms with Gasteiger partial charge in [0.15, 0.2) is 0 Å². The largest absolute Gasteiger partial charge is 0.481 e. The number of carboxylic acid groups (broad SMARTS) is 1. The molecule has 9 heteroatoms. The number of rotatable bonds is 4. The summed E-state index contributed by atoms with van der Waals surface area (Å²) in [5.74, 6) is -1.40. The van der Waals surface area contributed by atoms with Crippen LogP contribution in [0, 0.1) is 5.82 Å². The van der Waals surface area contributed by atoms with Crippen LogP contribution in [0.4, 0.5) is 4.39 Å². The molecule has 1 aromatic carbocycles. The molecule has 0 atom stereocenters. The minimum Gasteiger partial charge on any atom is -0.481 e. The first-order valence-corrected chi connectivity index (χ1v) is 7.05. The number of nitrogens with zero attached hydrogens (tertiary/aromatic N) is 4. The van der Waals surface area contributed by atoms with Crippen LogP contribution < -0.4 is 5.56 Å². The van der Waals surface area contributed by atoms with Gasteiger partial charge in [0.2, 0.25) is 4.96 Å². The second-order valence-corrected chi connectivity index (χ2v) is 5.56. The zero-order valence-electron chi connectivity index (χ0n) is 11.1. The highest BCUT2D eigenvalue weighted by molar-refractivity contribution is 7.16. The van der Waals surface area contributed by atoms with Crippen LogP contribution in [0.3, 0.4) is 0 Å². The molecule has 2 aromatic heterocycles. The van der Waals surface area contributed by atoms with E-state index in [-0.39, 0.29) is 34.3 Å². The number of halogens is 1. The highest BCUT2D eigenvalue weighted by atomic mass is 32.1. The topological polar surface area (TPSA) is 97.4 Å². The quantitative estimate of drug-likeness (QED) is 0.767. The summed E-state index contributed by atoms with van der Waals surface area (Å²) in [6, 6.07) is 5.71. The van der Waals surface area contributed by atoms with E-state index in [1.54, 1.807) is 12.1 Å². The Kier molecular flexibility index (Phi) is 3.63. The Bertz CT molecular complexity index is 904. The summed E-state index contributed by atoms with van der Waals surface area (Å²) in [7, 11) is 0. The van der Waals surface area contributed by atoms with Gasteiger partial charge in [-0.3, -0.25) is 9.59 Å². The fourth-order valence-electron chi connectivity index (χ4n) is 1.89. The third kappa shape index (κ3) is 2.84. The van der Waals surface area contributed by atoms with E-state index < -0.39 is 11.5 Å². The first-order valence-electron chi connectivity index (χ1n) is 6.23. The molecule has 2 heterocycles. The van der Waals surface area contributed by atoms with Crippen LogP contribution in [-0.2, 0) is 17.6 Å². The van der Waals surface area contributed by atoms with Gasteiger partial charge in [0.1, 0.15) is 16.5 Å². The Morgan fingerprint density at radius 2 is 2.00 bits per heavy atom. The Balaban J connectivity index is 1.97. The number of aliphatic carboxylic acids is 1. The summed E-state index contributed by atoms with van der Waals surface area (Å²) in [5, 5.41) is 20.7. The van der Waals surface area contributed by atoms with Crippen molar-refractivity contribution in [3.63, 3.8) is 0 Å². The van der Waals surface area contributed by atoms with E-state index in [1.807, 2.05) is 0 Å². The molecule has 22 heavy (non-hydrogen) atoms. The van der Waals surface area contributed by atoms with Crippen LogP contribution >= 0.6 is 11.3 Å². The molecule has 0 fully saturated rings. The van der Waals surface area contributed by atoms with E-state index in [1.165, 1.54) is 12.1 Å². The van der Waals surface area contributed by atoms with Crippen molar-refractivity contribution in [2.24, 2.45) is 0 Å². The Labute approximate surface area is 126 Å². The van der Waals surface area contributed by atoms with E-state index in [4.69, 9.17) is 5.11 Å². The van der Waals surface area contributed by atoms with Crippen molar-refractivity contribution in [2.75, 3.05) is 0 Å². The molecule has 1 N–H and O–H groups in total. The van der Waals surface area contributed by atoms with Crippen molar-refractivity contribution in [2.45, 2.75) is 12.8 Å². The van der Waals surface area contributed by atoms with E-state index in [0.717, 1.165) is 15.9 Å². The van der Waals surface area contributed by atoms with Crippen molar-refractivity contribution < 1.29 is 14.3 Å². The lowest BCUT2D eigenvalue weighted by Gasteiger charge is -1.99. The van der Waals surface area contributed by atoms with E-state index in [0.29, 0.717) is 5.56 Å². The predicted molar refractivity (Wildman–Crippen MR) is 75.5 cm³/mol. The molecule has 0 bridgehead atoms. The number of aromatic nitrogens is 4. The number of carbonyl (C=O) groups is 1.